The number of aromatic nitrogens is 3. The van der Waals surface area contributed by atoms with Gasteiger partial charge in [-0.15, -0.1) is 0 Å². The zero-order chi connectivity index (χ0) is 18.2. The summed E-state index contributed by atoms with van der Waals surface area (Å²) in [5.74, 6) is 0.611. The minimum absolute atomic E-state index is 0.155. The fourth-order valence-corrected chi connectivity index (χ4v) is 3.98. The summed E-state index contributed by atoms with van der Waals surface area (Å²) in [6.45, 7) is 1.64. The minimum Gasteiger partial charge on any atom is -0.367 e. The molecular weight excluding hydrogens is 359 g/mol. The highest BCUT2D eigenvalue weighted by Crippen LogP contribution is 2.30. The molecule has 0 bridgehead atoms. The van der Waals surface area contributed by atoms with E-state index in [0.29, 0.717) is 15.8 Å². The van der Waals surface area contributed by atoms with Crippen LogP contribution in [0.25, 0.3) is 11.0 Å². The van der Waals surface area contributed by atoms with Crippen molar-refractivity contribution in [3.8, 4) is 0 Å². The molecule has 1 aliphatic rings. The van der Waals surface area contributed by atoms with E-state index >= 15 is 0 Å². The lowest BCUT2D eigenvalue weighted by Gasteiger charge is -2.32. The molecule has 2 aromatic heterocycles. The maximum absolute atomic E-state index is 12.6. The van der Waals surface area contributed by atoms with Gasteiger partial charge in [-0.2, -0.15) is 17.5 Å². The lowest BCUT2D eigenvalue weighted by atomic mass is 10.1. The fraction of sp³-hybridized carbons (Fsp3) is 0.571. The van der Waals surface area contributed by atoms with E-state index in [2.05, 4.69) is 20.3 Å². The van der Waals surface area contributed by atoms with Crippen LogP contribution in [0.15, 0.2) is 12.5 Å². The first-order valence-electron chi connectivity index (χ1n) is 7.88. The van der Waals surface area contributed by atoms with Crippen molar-refractivity contribution in [1.29, 1.82) is 0 Å². The molecule has 7 nitrogen and oxygen atoms in total. The molecule has 0 atom stereocenters. The molecule has 0 amide bonds. The number of H-pyrrole nitrogens is 1. The average Bonchev–Trinajstić information content (AvgIpc) is 2.98. The Bertz CT molecular complexity index is 857. The van der Waals surface area contributed by atoms with Gasteiger partial charge in [-0.25, -0.2) is 18.4 Å². The zero-order valence-electron chi connectivity index (χ0n) is 13.5. The SMILES string of the molecule is CCc1c[nH]c2ncnc(NC3CCN(S(=O)(=O)C(F)(F)F)CC3)c12. The second kappa shape index (κ2) is 6.45. The Kier molecular flexibility index (Phi) is 4.62. The first kappa shape index (κ1) is 17.9. The van der Waals surface area contributed by atoms with E-state index in [9.17, 15) is 21.6 Å². The number of anilines is 1. The summed E-state index contributed by atoms with van der Waals surface area (Å²) in [4.78, 5) is 11.4. The molecule has 11 heteroatoms. The predicted molar refractivity (Wildman–Crippen MR) is 86.5 cm³/mol. The minimum atomic E-state index is -5.26. The van der Waals surface area contributed by atoms with Crippen LogP contribution in [0.3, 0.4) is 0 Å². The summed E-state index contributed by atoms with van der Waals surface area (Å²) in [6, 6.07) is -0.155. The van der Waals surface area contributed by atoms with Crippen molar-refractivity contribution in [2.24, 2.45) is 0 Å². The van der Waals surface area contributed by atoms with Crippen LogP contribution in [-0.2, 0) is 16.4 Å². The first-order valence-corrected chi connectivity index (χ1v) is 9.32. The van der Waals surface area contributed by atoms with E-state index in [-0.39, 0.29) is 32.0 Å². The summed E-state index contributed by atoms with van der Waals surface area (Å²) in [7, 11) is -5.26. The standard InChI is InChI=1S/C14H18F3N5O2S/c1-2-9-7-18-12-11(9)13(20-8-19-12)21-10-3-5-22(6-4-10)25(23,24)14(15,16)17/h7-8,10H,2-6H2,1H3,(H2,18,19,20,21). The number of nitrogens with zero attached hydrogens (tertiary/aromatic N) is 3. The number of rotatable bonds is 4. The van der Waals surface area contributed by atoms with Crippen LogP contribution in [-0.4, -0.2) is 52.3 Å². The molecule has 2 aromatic rings. The highest BCUT2D eigenvalue weighted by molar-refractivity contribution is 7.90. The van der Waals surface area contributed by atoms with Crippen LogP contribution < -0.4 is 5.32 Å². The quantitative estimate of drug-likeness (QED) is 0.853. The highest BCUT2D eigenvalue weighted by Gasteiger charge is 2.50. The van der Waals surface area contributed by atoms with E-state index in [1.165, 1.54) is 6.33 Å². The molecule has 1 aliphatic heterocycles. The Morgan fingerprint density at radius 2 is 2.00 bits per heavy atom. The van der Waals surface area contributed by atoms with E-state index in [4.69, 9.17) is 0 Å². The zero-order valence-corrected chi connectivity index (χ0v) is 14.3. The van der Waals surface area contributed by atoms with E-state index in [0.717, 1.165) is 17.4 Å². The van der Waals surface area contributed by atoms with Crippen molar-refractivity contribution in [1.82, 2.24) is 19.3 Å². The van der Waals surface area contributed by atoms with Gasteiger partial charge in [-0.05, 0) is 24.8 Å². The number of hydrogen-bond acceptors (Lipinski definition) is 5. The van der Waals surface area contributed by atoms with Gasteiger partial charge in [0.25, 0.3) is 0 Å². The molecule has 0 spiro atoms. The molecule has 1 saturated heterocycles. The molecule has 25 heavy (non-hydrogen) atoms. The van der Waals surface area contributed by atoms with Gasteiger partial charge in [-0.1, -0.05) is 6.92 Å². The van der Waals surface area contributed by atoms with Crippen LogP contribution in [0.1, 0.15) is 25.3 Å². The average molecular weight is 377 g/mol. The molecule has 0 aromatic carbocycles. The van der Waals surface area contributed by atoms with E-state index in [1.807, 2.05) is 13.1 Å². The Hall–Kier alpha value is -1.88. The molecule has 2 N–H and O–H groups in total. The number of sulfonamides is 1. The topological polar surface area (TPSA) is 91.0 Å². The number of halogens is 3. The molecule has 3 heterocycles. The third kappa shape index (κ3) is 3.30. The Morgan fingerprint density at radius 1 is 1.32 bits per heavy atom. The van der Waals surface area contributed by atoms with Crippen molar-refractivity contribution in [3.05, 3.63) is 18.1 Å². The van der Waals surface area contributed by atoms with Crippen molar-refractivity contribution in [2.45, 2.75) is 37.7 Å². The van der Waals surface area contributed by atoms with Gasteiger partial charge in [0.15, 0.2) is 0 Å². The van der Waals surface area contributed by atoms with Crippen LogP contribution in [0, 0.1) is 0 Å². The Labute approximate surface area is 142 Å². The third-order valence-corrected chi connectivity index (χ3v) is 5.99. The smallest absolute Gasteiger partial charge is 0.367 e. The molecule has 0 unspecified atom stereocenters. The summed E-state index contributed by atoms with van der Waals surface area (Å²) < 4.78 is 61.3. The number of piperidine rings is 1. The van der Waals surface area contributed by atoms with Gasteiger partial charge in [0.1, 0.15) is 17.8 Å². The first-order chi connectivity index (χ1) is 11.7. The second-order valence-electron chi connectivity index (χ2n) is 5.88. The predicted octanol–water partition coefficient (Wildman–Crippen LogP) is 2.25. The molecule has 3 rings (SSSR count). The summed E-state index contributed by atoms with van der Waals surface area (Å²) in [5.41, 5.74) is -3.53. The monoisotopic (exact) mass is 377 g/mol. The largest absolute Gasteiger partial charge is 0.511 e. The van der Waals surface area contributed by atoms with Crippen molar-refractivity contribution < 1.29 is 21.6 Å². The Morgan fingerprint density at radius 3 is 2.60 bits per heavy atom. The van der Waals surface area contributed by atoms with Crippen LogP contribution >= 0.6 is 0 Å². The van der Waals surface area contributed by atoms with Gasteiger partial charge < -0.3 is 10.3 Å². The summed E-state index contributed by atoms with van der Waals surface area (Å²) in [5, 5.41) is 4.08. The number of nitrogens with one attached hydrogen (secondary N) is 2. The van der Waals surface area contributed by atoms with Crippen LogP contribution in [0.5, 0.6) is 0 Å². The Balaban J connectivity index is 1.72. The maximum Gasteiger partial charge on any atom is 0.511 e. The molecule has 1 fully saturated rings. The third-order valence-electron chi connectivity index (χ3n) is 4.36. The van der Waals surface area contributed by atoms with Crippen LogP contribution in [0.2, 0.25) is 0 Å². The number of fused-ring (bicyclic) bond motifs is 1. The molecule has 138 valence electrons. The number of aryl methyl sites for hydroxylation is 1. The van der Waals surface area contributed by atoms with Crippen molar-refractivity contribution >= 4 is 26.9 Å². The molecule has 0 radical (unpaired) electrons. The number of alkyl halides is 3. The van der Waals surface area contributed by atoms with Gasteiger partial charge in [0.2, 0.25) is 0 Å². The van der Waals surface area contributed by atoms with Gasteiger partial charge in [0.05, 0.1) is 5.39 Å². The van der Waals surface area contributed by atoms with E-state index < -0.39 is 15.5 Å². The van der Waals surface area contributed by atoms with Crippen LogP contribution in [0.4, 0.5) is 19.0 Å². The fourth-order valence-electron chi connectivity index (χ4n) is 3.00. The number of hydrogen-bond donors (Lipinski definition) is 2. The van der Waals surface area contributed by atoms with Gasteiger partial charge in [-0.3, -0.25) is 0 Å². The summed E-state index contributed by atoms with van der Waals surface area (Å²) >= 11 is 0. The van der Waals surface area contributed by atoms with E-state index in [1.54, 1.807) is 0 Å². The number of aromatic amines is 1. The lowest BCUT2D eigenvalue weighted by Crippen LogP contribution is -2.47. The van der Waals surface area contributed by atoms with Crippen molar-refractivity contribution in [3.63, 3.8) is 0 Å². The van der Waals surface area contributed by atoms with Gasteiger partial charge >= 0.3 is 15.5 Å². The summed E-state index contributed by atoms with van der Waals surface area (Å²) in [6.07, 6.45) is 4.58. The molecule has 0 saturated carbocycles. The molecular formula is C14H18F3N5O2S. The maximum atomic E-state index is 12.6. The van der Waals surface area contributed by atoms with Gasteiger partial charge in [0, 0.05) is 25.3 Å². The lowest BCUT2D eigenvalue weighted by molar-refractivity contribution is -0.0494. The molecule has 0 aliphatic carbocycles. The normalized spacial score (nSPS) is 17.9. The second-order valence-corrected chi connectivity index (χ2v) is 7.81. The van der Waals surface area contributed by atoms with Crippen molar-refractivity contribution in [2.75, 3.05) is 18.4 Å². The highest BCUT2D eigenvalue weighted by atomic mass is 32.2.